The number of nitrogens with two attached hydrogens (primary N) is 1. The largest absolute Gasteiger partial charge is 0.391 e. The highest BCUT2D eigenvalue weighted by atomic mass is 16.3. The van der Waals surface area contributed by atoms with Crippen molar-refractivity contribution in [1.29, 1.82) is 0 Å². The van der Waals surface area contributed by atoms with Crippen LogP contribution >= 0.6 is 0 Å². The SMILES string of the molecule is CC(C)C(O)CNc1cc(N)nc(-c2ccccc2)n1. The second kappa shape index (κ2) is 6.34. The molecule has 20 heavy (non-hydrogen) atoms. The van der Waals surface area contributed by atoms with E-state index in [2.05, 4.69) is 15.3 Å². The summed E-state index contributed by atoms with van der Waals surface area (Å²) in [5.74, 6) is 1.79. The second-order valence-electron chi connectivity index (χ2n) is 5.06. The minimum atomic E-state index is -0.425. The van der Waals surface area contributed by atoms with E-state index in [1.807, 2.05) is 44.2 Å². The number of aliphatic hydroxyl groups is 1. The van der Waals surface area contributed by atoms with Crippen LogP contribution in [0.1, 0.15) is 13.8 Å². The minimum Gasteiger partial charge on any atom is -0.391 e. The van der Waals surface area contributed by atoms with Crippen LogP contribution in [0.25, 0.3) is 11.4 Å². The van der Waals surface area contributed by atoms with Gasteiger partial charge >= 0.3 is 0 Å². The molecule has 1 heterocycles. The van der Waals surface area contributed by atoms with Gasteiger partial charge in [-0.05, 0) is 5.92 Å². The van der Waals surface area contributed by atoms with E-state index in [4.69, 9.17) is 5.73 Å². The topological polar surface area (TPSA) is 84.1 Å². The number of nitrogen functional groups attached to an aromatic ring is 1. The van der Waals surface area contributed by atoms with Gasteiger partial charge in [-0.15, -0.1) is 0 Å². The zero-order chi connectivity index (χ0) is 14.5. The molecule has 0 fully saturated rings. The lowest BCUT2D eigenvalue weighted by molar-refractivity contribution is 0.138. The fourth-order valence-corrected chi connectivity index (χ4v) is 1.72. The molecule has 1 atom stereocenters. The first-order valence-electron chi connectivity index (χ1n) is 6.68. The number of nitrogens with one attached hydrogen (secondary N) is 1. The Kier molecular flexibility index (Phi) is 4.53. The summed E-state index contributed by atoms with van der Waals surface area (Å²) < 4.78 is 0. The van der Waals surface area contributed by atoms with Crippen LogP contribution in [0.3, 0.4) is 0 Å². The molecule has 0 amide bonds. The van der Waals surface area contributed by atoms with Crippen molar-refractivity contribution in [2.45, 2.75) is 20.0 Å². The molecular weight excluding hydrogens is 252 g/mol. The maximum atomic E-state index is 9.81. The van der Waals surface area contributed by atoms with E-state index < -0.39 is 6.10 Å². The highest BCUT2D eigenvalue weighted by Crippen LogP contribution is 2.18. The first-order chi connectivity index (χ1) is 9.56. The fraction of sp³-hybridized carbons (Fsp3) is 0.333. The maximum absolute atomic E-state index is 9.81. The van der Waals surface area contributed by atoms with E-state index in [9.17, 15) is 5.11 Å². The summed E-state index contributed by atoms with van der Waals surface area (Å²) in [5.41, 5.74) is 6.72. The molecule has 1 unspecified atom stereocenters. The molecule has 0 bridgehead atoms. The zero-order valence-electron chi connectivity index (χ0n) is 11.7. The van der Waals surface area contributed by atoms with Crippen LogP contribution in [-0.2, 0) is 0 Å². The van der Waals surface area contributed by atoms with Gasteiger partial charge in [0.1, 0.15) is 11.6 Å². The summed E-state index contributed by atoms with van der Waals surface area (Å²) in [4.78, 5) is 8.65. The first kappa shape index (κ1) is 14.3. The summed E-state index contributed by atoms with van der Waals surface area (Å²) in [6.07, 6.45) is -0.425. The standard InChI is InChI=1S/C15H20N4O/c1-10(2)12(20)9-17-14-8-13(16)18-15(19-14)11-6-4-3-5-7-11/h3-8,10,12,20H,9H2,1-2H3,(H3,16,17,18,19). The van der Waals surface area contributed by atoms with Crippen LogP contribution in [0, 0.1) is 5.92 Å². The summed E-state index contributed by atoms with van der Waals surface area (Å²) in [5, 5.41) is 12.9. The van der Waals surface area contributed by atoms with Gasteiger partial charge in [-0.2, -0.15) is 0 Å². The normalized spacial score (nSPS) is 12.4. The third-order valence-electron chi connectivity index (χ3n) is 3.04. The van der Waals surface area contributed by atoms with Gasteiger partial charge in [0, 0.05) is 18.2 Å². The monoisotopic (exact) mass is 272 g/mol. The number of rotatable bonds is 5. The van der Waals surface area contributed by atoms with Crippen LogP contribution in [-0.4, -0.2) is 27.7 Å². The number of hydrogen-bond acceptors (Lipinski definition) is 5. The van der Waals surface area contributed by atoms with Gasteiger partial charge in [-0.3, -0.25) is 0 Å². The summed E-state index contributed by atoms with van der Waals surface area (Å²) in [6, 6.07) is 11.3. The Balaban J connectivity index is 2.17. The van der Waals surface area contributed by atoms with Crippen LogP contribution in [0.4, 0.5) is 11.6 Å². The maximum Gasteiger partial charge on any atom is 0.163 e. The third kappa shape index (κ3) is 3.68. The molecule has 0 aliphatic rings. The Morgan fingerprint density at radius 3 is 2.55 bits per heavy atom. The Morgan fingerprint density at radius 1 is 1.20 bits per heavy atom. The first-order valence-corrected chi connectivity index (χ1v) is 6.68. The molecule has 0 spiro atoms. The molecule has 0 radical (unpaired) electrons. The number of nitrogens with zero attached hydrogens (tertiary/aromatic N) is 2. The van der Waals surface area contributed by atoms with Gasteiger partial charge in [0.05, 0.1) is 6.10 Å². The Morgan fingerprint density at radius 2 is 1.90 bits per heavy atom. The summed E-state index contributed by atoms with van der Waals surface area (Å²) in [6.45, 7) is 4.37. The molecule has 1 aromatic carbocycles. The number of hydrogen-bond donors (Lipinski definition) is 3. The second-order valence-corrected chi connectivity index (χ2v) is 5.06. The minimum absolute atomic E-state index is 0.190. The van der Waals surface area contributed by atoms with Gasteiger partial charge in [0.25, 0.3) is 0 Å². The predicted octanol–water partition coefficient (Wildman–Crippen LogP) is 2.15. The molecule has 4 N–H and O–H groups in total. The third-order valence-corrected chi connectivity index (χ3v) is 3.04. The van der Waals surface area contributed by atoms with Crippen LogP contribution < -0.4 is 11.1 Å². The van der Waals surface area contributed by atoms with Crippen molar-refractivity contribution in [2.75, 3.05) is 17.6 Å². The number of benzene rings is 1. The van der Waals surface area contributed by atoms with Crippen molar-refractivity contribution in [3.63, 3.8) is 0 Å². The number of anilines is 2. The smallest absolute Gasteiger partial charge is 0.163 e. The van der Waals surface area contributed by atoms with E-state index in [1.165, 1.54) is 0 Å². The average Bonchev–Trinajstić information content (AvgIpc) is 2.45. The number of aromatic nitrogens is 2. The fourth-order valence-electron chi connectivity index (χ4n) is 1.72. The van der Waals surface area contributed by atoms with Crippen LogP contribution in [0.5, 0.6) is 0 Å². The molecule has 0 aliphatic carbocycles. The Hall–Kier alpha value is -2.14. The lowest BCUT2D eigenvalue weighted by Crippen LogP contribution is -2.25. The average molecular weight is 272 g/mol. The molecule has 0 saturated heterocycles. The Bertz CT molecular complexity index is 557. The Labute approximate surface area is 118 Å². The van der Waals surface area contributed by atoms with Gasteiger partial charge in [0.15, 0.2) is 5.82 Å². The molecule has 5 nitrogen and oxygen atoms in total. The van der Waals surface area contributed by atoms with Gasteiger partial charge in [-0.25, -0.2) is 9.97 Å². The van der Waals surface area contributed by atoms with E-state index in [0.717, 1.165) is 5.56 Å². The number of aliphatic hydroxyl groups excluding tert-OH is 1. The molecule has 0 saturated carbocycles. The van der Waals surface area contributed by atoms with Crippen LogP contribution in [0.15, 0.2) is 36.4 Å². The predicted molar refractivity (Wildman–Crippen MR) is 81.2 cm³/mol. The lowest BCUT2D eigenvalue weighted by atomic mass is 10.1. The molecule has 5 heteroatoms. The summed E-state index contributed by atoms with van der Waals surface area (Å²) >= 11 is 0. The molecular formula is C15H20N4O. The van der Waals surface area contributed by atoms with E-state index in [1.54, 1.807) is 6.07 Å². The van der Waals surface area contributed by atoms with Crippen molar-refractivity contribution in [3.8, 4) is 11.4 Å². The zero-order valence-corrected chi connectivity index (χ0v) is 11.7. The quantitative estimate of drug-likeness (QED) is 0.776. The highest BCUT2D eigenvalue weighted by molar-refractivity contribution is 5.60. The van der Waals surface area contributed by atoms with Crippen molar-refractivity contribution in [1.82, 2.24) is 9.97 Å². The van der Waals surface area contributed by atoms with E-state index in [0.29, 0.717) is 24.0 Å². The van der Waals surface area contributed by atoms with Crippen molar-refractivity contribution in [2.24, 2.45) is 5.92 Å². The van der Waals surface area contributed by atoms with Crippen molar-refractivity contribution >= 4 is 11.6 Å². The lowest BCUT2D eigenvalue weighted by Gasteiger charge is -2.16. The molecule has 0 aliphatic heterocycles. The van der Waals surface area contributed by atoms with E-state index >= 15 is 0 Å². The van der Waals surface area contributed by atoms with Gasteiger partial charge in [-0.1, -0.05) is 44.2 Å². The van der Waals surface area contributed by atoms with Gasteiger partial charge < -0.3 is 16.2 Å². The van der Waals surface area contributed by atoms with Crippen molar-refractivity contribution in [3.05, 3.63) is 36.4 Å². The molecule has 2 aromatic rings. The van der Waals surface area contributed by atoms with Crippen LogP contribution in [0.2, 0.25) is 0 Å². The molecule has 2 rings (SSSR count). The molecule has 1 aromatic heterocycles. The highest BCUT2D eigenvalue weighted by Gasteiger charge is 2.10. The van der Waals surface area contributed by atoms with Crippen molar-refractivity contribution < 1.29 is 5.11 Å². The summed E-state index contributed by atoms with van der Waals surface area (Å²) in [7, 11) is 0. The van der Waals surface area contributed by atoms with Gasteiger partial charge in [0.2, 0.25) is 0 Å². The molecule has 106 valence electrons. The van der Waals surface area contributed by atoms with E-state index in [-0.39, 0.29) is 5.92 Å².